The van der Waals surface area contributed by atoms with E-state index in [4.69, 9.17) is 5.73 Å². The number of allylic oxidation sites excluding steroid dienone is 1. The zero-order valence-corrected chi connectivity index (χ0v) is 11.5. The molecule has 1 atom stereocenters. The van der Waals surface area contributed by atoms with Crippen LogP contribution in [0.5, 0.6) is 0 Å². The number of hydrogen-bond donors (Lipinski definition) is 1. The molecule has 5 fully saturated rings. The molecule has 2 N–H and O–H groups in total. The summed E-state index contributed by atoms with van der Waals surface area (Å²) in [5.41, 5.74) is 7.94. The van der Waals surface area contributed by atoms with Gasteiger partial charge in [-0.1, -0.05) is 18.1 Å². The molecule has 18 heavy (non-hydrogen) atoms. The van der Waals surface area contributed by atoms with Gasteiger partial charge in [-0.3, -0.25) is 0 Å². The molecular formula is C17H27N. The summed E-state index contributed by atoms with van der Waals surface area (Å²) in [5, 5.41) is 0. The van der Waals surface area contributed by atoms with Crippen molar-refractivity contribution >= 4 is 0 Å². The summed E-state index contributed by atoms with van der Waals surface area (Å²) in [6.07, 6.45) is 15.7. The Morgan fingerprint density at radius 3 is 2.17 bits per heavy atom. The summed E-state index contributed by atoms with van der Waals surface area (Å²) in [7, 11) is 0. The molecule has 0 aromatic rings. The van der Waals surface area contributed by atoms with Gasteiger partial charge >= 0.3 is 0 Å². The molecule has 0 spiro atoms. The molecule has 0 aromatic carbocycles. The second-order valence-electron chi connectivity index (χ2n) is 7.60. The van der Waals surface area contributed by atoms with Crippen LogP contribution in [0.25, 0.3) is 0 Å². The van der Waals surface area contributed by atoms with Gasteiger partial charge in [0.1, 0.15) is 0 Å². The fourth-order valence-corrected chi connectivity index (χ4v) is 5.76. The predicted molar refractivity (Wildman–Crippen MR) is 75.1 cm³/mol. The zero-order valence-electron chi connectivity index (χ0n) is 11.5. The Morgan fingerprint density at radius 1 is 0.889 bits per heavy atom. The highest BCUT2D eigenvalue weighted by Crippen LogP contribution is 2.57. The standard InChI is InChI=1S/C17H27N/c18-17-4-2-1-3-13(17)10-16-14-6-11-5-12(8-14)9-15(16)7-11/h10-12,14-17H,1-9,18H2/b13-10+. The molecule has 1 nitrogen and oxygen atoms in total. The van der Waals surface area contributed by atoms with Crippen molar-refractivity contribution < 1.29 is 0 Å². The first kappa shape index (κ1) is 11.5. The maximum atomic E-state index is 6.31. The Hall–Kier alpha value is -0.300. The van der Waals surface area contributed by atoms with Gasteiger partial charge in [0.25, 0.3) is 0 Å². The molecule has 1 heteroatoms. The highest BCUT2D eigenvalue weighted by atomic mass is 14.6. The van der Waals surface area contributed by atoms with E-state index in [1.807, 2.05) is 0 Å². The van der Waals surface area contributed by atoms with E-state index < -0.39 is 0 Å². The Balaban J connectivity index is 1.56. The molecule has 5 rings (SSSR count). The molecule has 0 aliphatic heterocycles. The van der Waals surface area contributed by atoms with E-state index in [0.717, 1.165) is 29.6 Å². The third-order valence-electron chi connectivity index (χ3n) is 6.41. The second-order valence-corrected chi connectivity index (χ2v) is 7.60. The molecular weight excluding hydrogens is 218 g/mol. The van der Waals surface area contributed by atoms with Gasteiger partial charge in [-0.15, -0.1) is 0 Å². The summed E-state index contributed by atoms with van der Waals surface area (Å²) in [6.45, 7) is 0. The van der Waals surface area contributed by atoms with Gasteiger partial charge < -0.3 is 5.73 Å². The van der Waals surface area contributed by atoms with Crippen LogP contribution in [-0.4, -0.2) is 6.04 Å². The minimum absolute atomic E-state index is 0.399. The highest BCUT2D eigenvalue weighted by molar-refractivity contribution is 5.17. The summed E-state index contributed by atoms with van der Waals surface area (Å²) >= 11 is 0. The normalized spacial score (nSPS) is 53.1. The van der Waals surface area contributed by atoms with Crippen LogP contribution in [-0.2, 0) is 0 Å². The summed E-state index contributed by atoms with van der Waals surface area (Å²) in [5.74, 6) is 5.17. The van der Waals surface area contributed by atoms with Gasteiger partial charge in [-0.05, 0) is 81.0 Å². The fourth-order valence-electron chi connectivity index (χ4n) is 5.76. The van der Waals surface area contributed by atoms with Gasteiger partial charge in [0.2, 0.25) is 0 Å². The van der Waals surface area contributed by atoms with E-state index in [2.05, 4.69) is 6.08 Å². The molecule has 5 saturated carbocycles. The topological polar surface area (TPSA) is 26.0 Å². The molecule has 5 aliphatic rings. The van der Waals surface area contributed by atoms with E-state index in [1.54, 1.807) is 12.0 Å². The lowest BCUT2D eigenvalue weighted by Crippen LogP contribution is -2.44. The highest BCUT2D eigenvalue weighted by Gasteiger charge is 2.47. The molecule has 0 saturated heterocycles. The van der Waals surface area contributed by atoms with Gasteiger partial charge in [0, 0.05) is 6.04 Å². The lowest BCUT2D eigenvalue weighted by atomic mass is 9.51. The van der Waals surface area contributed by atoms with E-state index in [-0.39, 0.29) is 0 Å². The van der Waals surface area contributed by atoms with Crippen molar-refractivity contribution in [3.8, 4) is 0 Å². The molecule has 100 valence electrons. The van der Waals surface area contributed by atoms with Crippen LogP contribution in [0, 0.1) is 29.6 Å². The first-order valence-corrected chi connectivity index (χ1v) is 8.25. The van der Waals surface area contributed by atoms with Crippen molar-refractivity contribution in [2.75, 3.05) is 0 Å². The van der Waals surface area contributed by atoms with E-state index >= 15 is 0 Å². The van der Waals surface area contributed by atoms with Gasteiger partial charge in [-0.2, -0.15) is 0 Å². The fraction of sp³-hybridized carbons (Fsp3) is 0.882. The average Bonchev–Trinajstić information content (AvgIpc) is 2.35. The average molecular weight is 245 g/mol. The third-order valence-corrected chi connectivity index (χ3v) is 6.41. The first-order chi connectivity index (χ1) is 8.79. The van der Waals surface area contributed by atoms with Crippen LogP contribution >= 0.6 is 0 Å². The Morgan fingerprint density at radius 2 is 1.56 bits per heavy atom. The van der Waals surface area contributed by atoms with Crippen LogP contribution in [0.4, 0.5) is 0 Å². The van der Waals surface area contributed by atoms with Crippen LogP contribution in [0.2, 0.25) is 0 Å². The minimum Gasteiger partial charge on any atom is -0.324 e. The van der Waals surface area contributed by atoms with Crippen molar-refractivity contribution in [3.05, 3.63) is 11.6 Å². The lowest BCUT2D eigenvalue weighted by Gasteiger charge is -2.54. The van der Waals surface area contributed by atoms with Gasteiger partial charge in [0.15, 0.2) is 0 Å². The summed E-state index contributed by atoms with van der Waals surface area (Å²) in [6, 6.07) is 0.399. The van der Waals surface area contributed by atoms with E-state index in [9.17, 15) is 0 Å². The maximum absolute atomic E-state index is 6.31. The quantitative estimate of drug-likeness (QED) is 0.697. The van der Waals surface area contributed by atoms with Crippen molar-refractivity contribution in [1.82, 2.24) is 0 Å². The summed E-state index contributed by atoms with van der Waals surface area (Å²) in [4.78, 5) is 0. The predicted octanol–water partition coefficient (Wildman–Crippen LogP) is 3.89. The maximum Gasteiger partial charge on any atom is 0.0253 e. The molecule has 0 amide bonds. The van der Waals surface area contributed by atoms with Gasteiger partial charge in [-0.25, -0.2) is 0 Å². The molecule has 1 unspecified atom stereocenters. The van der Waals surface area contributed by atoms with Crippen molar-refractivity contribution in [2.24, 2.45) is 35.3 Å². The number of rotatable bonds is 1. The zero-order chi connectivity index (χ0) is 12.1. The number of hydrogen-bond acceptors (Lipinski definition) is 1. The lowest BCUT2D eigenvalue weighted by molar-refractivity contribution is -0.0166. The Labute approximate surface area is 111 Å². The van der Waals surface area contributed by atoms with Crippen LogP contribution < -0.4 is 5.73 Å². The minimum atomic E-state index is 0.399. The van der Waals surface area contributed by atoms with E-state index in [0.29, 0.717) is 6.04 Å². The first-order valence-electron chi connectivity index (χ1n) is 8.25. The van der Waals surface area contributed by atoms with Crippen LogP contribution in [0.3, 0.4) is 0 Å². The van der Waals surface area contributed by atoms with Crippen LogP contribution in [0.15, 0.2) is 11.6 Å². The number of nitrogens with two attached hydrogens (primary N) is 1. The molecule has 0 radical (unpaired) electrons. The molecule has 4 bridgehead atoms. The Bertz CT molecular complexity index is 329. The van der Waals surface area contributed by atoms with Crippen molar-refractivity contribution in [3.63, 3.8) is 0 Å². The SMILES string of the molecule is NC1CCCC/C1=C\C1C2CC3CC(C2)CC1C3. The molecule has 0 heterocycles. The molecule has 0 aromatic heterocycles. The second kappa shape index (κ2) is 4.37. The van der Waals surface area contributed by atoms with Gasteiger partial charge in [0.05, 0.1) is 0 Å². The smallest absolute Gasteiger partial charge is 0.0253 e. The Kier molecular flexibility index (Phi) is 2.80. The third kappa shape index (κ3) is 1.86. The van der Waals surface area contributed by atoms with Crippen molar-refractivity contribution in [1.29, 1.82) is 0 Å². The van der Waals surface area contributed by atoms with Crippen molar-refractivity contribution in [2.45, 2.75) is 63.8 Å². The van der Waals surface area contributed by atoms with E-state index in [1.165, 1.54) is 51.4 Å². The molecule has 5 aliphatic carbocycles. The summed E-state index contributed by atoms with van der Waals surface area (Å²) < 4.78 is 0. The van der Waals surface area contributed by atoms with Crippen LogP contribution in [0.1, 0.15) is 57.8 Å². The largest absolute Gasteiger partial charge is 0.324 e. The monoisotopic (exact) mass is 245 g/mol.